The van der Waals surface area contributed by atoms with Gasteiger partial charge in [-0.2, -0.15) is 17.6 Å². The summed E-state index contributed by atoms with van der Waals surface area (Å²) >= 11 is 5.76. The lowest BCUT2D eigenvalue weighted by atomic mass is 9.97. The van der Waals surface area contributed by atoms with Crippen molar-refractivity contribution in [1.29, 1.82) is 0 Å². The number of ether oxygens (including phenoxy) is 2. The van der Waals surface area contributed by atoms with Crippen LogP contribution in [0.1, 0.15) is 38.0 Å². The first-order chi connectivity index (χ1) is 14.8. The molecule has 2 atom stereocenters. The Morgan fingerprint density at radius 2 is 1.91 bits per heavy atom. The minimum Gasteiger partial charge on any atom is -0.444 e. The van der Waals surface area contributed by atoms with Gasteiger partial charge in [0.2, 0.25) is 0 Å². The van der Waals surface area contributed by atoms with Crippen LogP contribution in [0.25, 0.3) is 0 Å². The highest BCUT2D eigenvalue weighted by Gasteiger charge is 2.44. The standard InChI is InChI=1S/C21H23ClF4N2O4/c1-20(2,3)32-19(30)28-15(17(29)13-7-8-16(22)27-11-13)10-12-5-4-6-14(9-12)31-21(25,26)18(23)24/h4-9,11,15,17-18,29H,10H2,1-3H3,(H,28,30). The number of pyridine rings is 1. The first-order valence-electron chi connectivity index (χ1n) is 9.50. The third kappa shape index (κ3) is 7.83. The zero-order valence-electron chi connectivity index (χ0n) is 17.5. The molecule has 0 saturated heterocycles. The first-order valence-corrected chi connectivity index (χ1v) is 9.87. The number of nitrogens with zero attached hydrogens (tertiary/aromatic N) is 1. The fourth-order valence-corrected chi connectivity index (χ4v) is 2.80. The number of nitrogens with one attached hydrogen (secondary N) is 1. The quantitative estimate of drug-likeness (QED) is 0.405. The van der Waals surface area contributed by atoms with Crippen molar-refractivity contribution in [2.45, 2.75) is 57.5 Å². The van der Waals surface area contributed by atoms with Gasteiger partial charge in [0.25, 0.3) is 0 Å². The molecule has 1 amide bonds. The number of rotatable bonds is 8. The summed E-state index contributed by atoms with van der Waals surface area (Å²) in [5.41, 5.74) is -0.155. The SMILES string of the molecule is CC(C)(C)OC(=O)NC(Cc1cccc(OC(F)(F)C(F)F)c1)C(O)c1ccc(Cl)nc1. The van der Waals surface area contributed by atoms with Crippen LogP contribution in [0.5, 0.6) is 5.75 Å². The number of benzene rings is 1. The molecular weight excluding hydrogens is 456 g/mol. The highest BCUT2D eigenvalue weighted by atomic mass is 35.5. The van der Waals surface area contributed by atoms with Gasteiger partial charge >= 0.3 is 18.6 Å². The Hall–Kier alpha value is -2.59. The highest BCUT2D eigenvalue weighted by molar-refractivity contribution is 6.29. The average Bonchev–Trinajstić information content (AvgIpc) is 2.66. The summed E-state index contributed by atoms with van der Waals surface area (Å²) in [6.45, 7) is 4.97. The van der Waals surface area contributed by atoms with Crippen molar-refractivity contribution in [1.82, 2.24) is 10.3 Å². The van der Waals surface area contributed by atoms with Crippen LogP contribution in [0.3, 0.4) is 0 Å². The normalized spacial score (nSPS) is 14.1. The van der Waals surface area contributed by atoms with Crippen LogP contribution in [-0.4, -0.2) is 40.4 Å². The molecule has 0 radical (unpaired) electrons. The smallest absolute Gasteiger partial charge is 0.444 e. The van der Waals surface area contributed by atoms with Crippen molar-refractivity contribution in [3.05, 3.63) is 58.9 Å². The monoisotopic (exact) mass is 478 g/mol. The predicted molar refractivity (Wildman–Crippen MR) is 109 cm³/mol. The second-order valence-electron chi connectivity index (χ2n) is 7.93. The Morgan fingerprint density at radius 1 is 1.22 bits per heavy atom. The molecule has 0 saturated carbocycles. The average molecular weight is 479 g/mol. The third-order valence-corrected chi connectivity index (χ3v) is 4.26. The fourth-order valence-electron chi connectivity index (χ4n) is 2.69. The lowest BCUT2D eigenvalue weighted by molar-refractivity contribution is -0.253. The molecule has 1 aromatic carbocycles. The third-order valence-electron chi connectivity index (χ3n) is 4.04. The van der Waals surface area contributed by atoms with Crippen molar-refractivity contribution in [2.24, 2.45) is 0 Å². The lowest BCUT2D eigenvalue weighted by Gasteiger charge is -2.27. The molecule has 2 N–H and O–H groups in total. The Morgan fingerprint density at radius 3 is 2.47 bits per heavy atom. The van der Waals surface area contributed by atoms with Crippen LogP contribution in [0.15, 0.2) is 42.6 Å². The van der Waals surface area contributed by atoms with Crippen molar-refractivity contribution in [3.63, 3.8) is 0 Å². The molecule has 0 aliphatic rings. The van der Waals surface area contributed by atoms with E-state index in [0.29, 0.717) is 11.1 Å². The van der Waals surface area contributed by atoms with E-state index < -0.39 is 42.1 Å². The summed E-state index contributed by atoms with van der Waals surface area (Å²) < 4.78 is 60.6. The van der Waals surface area contributed by atoms with Crippen LogP contribution in [0.4, 0.5) is 22.4 Å². The van der Waals surface area contributed by atoms with E-state index in [1.165, 1.54) is 30.5 Å². The number of hydrogen-bond donors (Lipinski definition) is 2. The van der Waals surface area contributed by atoms with Gasteiger partial charge in [-0.25, -0.2) is 9.78 Å². The minimum atomic E-state index is -4.67. The van der Waals surface area contributed by atoms with Crippen molar-refractivity contribution in [2.75, 3.05) is 0 Å². The number of hydrogen-bond acceptors (Lipinski definition) is 5. The van der Waals surface area contributed by atoms with Crippen LogP contribution in [0, 0.1) is 0 Å². The number of aliphatic hydroxyl groups is 1. The van der Waals surface area contributed by atoms with E-state index >= 15 is 0 Å². The Kier molecular flexibility index (Phi) is 8.30. The van der Waals surface area contributed by atoms with E-state index in [0.717, 1.165) is 12.1 Å². The van der Waals surface area contributed by atoms with E-state index in [1.807, 2.05) is 0 Å². The highest BCUT2D eigenvalue weighted by Crippen LogP contribution is 2.29. The maximum Gasteiger partial charge on any atom is 0.461 e. The van der Waals surface area contributed by atoms with Crippen LogP contribution < -0.4 is 10.1 Å². The summed E-state index contributed by atoms with van der Waals surface area (Å²) in [5, 5.41) is 13.5. The van der Waals surface area contributed by atoms with Gasteiger partial charge < -0.3 is 19.9 Å². The molecule has 2 unspecified atom stereocenters. The zero-order valence-corrected chi connectivity index (χ0v) is 18.2. The topological polar surface area (TPSA) is 80.7 Å². The molecular formula is C21H23ClF4N2O4. The number of amides is 1. The largest absolute Gasteiger partial charge is 0.461 e. The zero-order chi connectivity index (χ0) is 24.1. The van der Waals surface area contributed by atoms with Gasteiger partial charge in [-0.15, -0.1) is 0 Å². The fraction of sp³-hybridized carbons (Fsp3) is 0.429. The van der Waals surface area contributed by atoms with Crippen LogP contribution in [0.2, 0.25) is 5.15 Å². The molecule has 0 aliphatic heterocycles. The minimum absolute atomic E-state index is 0.0690. The van der Waals surface area contributed by atoms with Crippen LogP contribution >= 0.6 is 11.6 Å². The first kappa shape index (κ1) is 25.7. The number of alkyl halides is 4. The van der Waals surface area contributed by atoms with Gasteiger partial charge in [0.15, 0.2) is 0 Å². The van der Waals surface area contributed by atoms with Gasteiger partial charge in [-0.1, -0.05) is 29.8 Å². The molecule has 2 rings (SSSR count). The number of carbonyl (C=O) groups is 1. The van der Waals surface area contributed by atoms with Gasteiger partial charge in [0.05, 0.1) is 6.04 Å². The molecule has 6 nitrogen and oxygen atoms in total. The summed E-state index contributed by atoms with van der Waals surface area (Å²) in [5.74, 6) is -0.494. The van der Waals surface area contributed by atoms with Gasteiger partial charge in [0.1, 0.15) is 22.6 Å². The maximum absolute atomic E-state index is 13.2. The number of carbonyl (C=O) groups excluding carboxylic acids is 1. The lowest BCUT2D eigenvalue weighted by Crippen LogP contribution is -2.43. The summed E-state index contributed by atoms with van der Waals surface area (Å²) in [7, 11) is 0. The van der Waals surface area contributed by atoms with Gasteiger partial charge in [-0.05, 0) is 51.0 Å². The predicted octanol–water partition coefficient (Wildman–Crippen LogP) is 5.14. The molecule has 0 fully saturated rings. The Labute approximate surface area is 187 Å². The van der Waals surface area contributed by atoms with Gasteiger partial charge in [-0.3, -0.25) is 0 Å². The molecule has 0 spiro atoms. The van der Waals surface area contributed by atoms with E-state index in [9.17, 15) is 27.5 Å². The van der Waals surface area contributed by atoms with Crippen molar-refractivity contribution < 1.29 is 36.9 Å². The molecule has 0 bridgehead atoms. The second-order valence-corrected chi connectivity index (χ2v) is 8.32. The summed E-state index contributed by atoms with van der Waals surface area (Å²) in [6.07, 6.45) is -9.52. The Bertz CT molecular complexity index is 907. The molecule has 1 heterocycles. The summed E-state index contributed by atoms with van der Waals surface area (Å²) in [6, 6.07) is 7.01. The van der Waals surface area contributed by atoms with Crippen molar-refractivity contribution >= 4 is 17.7 Å². The Balaban J connectivity index is 2.26. The maximum atomic E-state index is 13.2. The number of aliphatic hydroxyl groups excluding tert-OH is 1. The molecule has 2 aromatic rings. The van der Waals surface area contributed by atoms with Crippen LogP contribution in [-0.2, 0) is 11.2 Å². The molecule has 176 valence electrons. The second kappa shape index (κ2) is 10.4. The number of aromatic nitrogens is 1. The number of halogens is 5. The molecule has 32 heavy (non-hydrogen) atoms. The van der Waals surface area contributed by atoms with E-state index in [4.69, 9.17) is 16.3 Å². The van der Waals surface area contributed by atoms with E-state index in [2.05, 4.69) is 15.0 Å². The van der Waals surface area contributed by atoms with E-state index in [1.54, 1.807) is 20.8 Å². The summed E-state index contributed by atoms with van der Waals surface area (Å²) in [4.78, 5) is 16.2. The van der Waals surface area contributed by atoms with Gasteiger partial charge in [0, 0.05) is 11.8 Å². The van der Waals surface area contributed by atoms with Crippen molar-refractivity contribution in [3.8, 4) is 5.75 Å². The molecule has 1 aromatic heterocycles. The van der Waals surface area contributed by atoms with E-state index in [-0.39, 0.29) is 11.6 Å². The molecule has 11 heteroatoms. The molecule has 0 aliphatic carbocycles. The number of alkyl carbamates (subject to hydrolysis) is 1.